The van der Waals surface area contributed by atoms with Crippen LogP contribution in [0.2, 0.25) is 0 Å². The van der Waals surface area contributed by atoms with E-state index in [0.717, 1.165) is 0 Å². The van der Waals surface area contributed by atoms with Crippen LogP contribution in [-0.2, 0) is 0 Å². The standard InChI is InChI=1S/3FH.Ho.Li.Lu.H/h3*1H;;;;/q;;;;+1;+3;-1/p-3. The van der Waals surface area contributed by atoms with Crippen LogP contribution in [0.15, 0.2) is 0 Å². The average molecular weight is 405 g/mol. The molecular formula is HF3HoLiLu. The molecule has 49 valence electrons. The number of hydrogen-bond donors (Lipinski definition) is 0. The summed E-state index contributed by atoms with van der Waals surface area (Å²) in [6.45, 7) is 0. The first-order valence-electron chi connectivity index (χ1n) is 0.293. The number of halogens is 3. The Labute approximate surface area is 93.6 Å². The molecule has 0 aromatic carbocycles. The van der Waals surface area contributed by atoms with Crippen LogP contribution in [0, 0.1) is 71.2 Å². The van der Waals surface area contributed by atoms with E-state index in [-0.39, 0.29) is 58.0 Å². The van der Waals surface area contributed by atoms with E-state index < -0.39 is 33.4 Å². The van der Waals surface area contributed by atoms with E-state index in [4.69, 9.17) is 0 Å². The van der Waals surface area contributed by atoms with Crippen molar-refractivity contribution >= 4 is 0 Å². The maximum absolute atomic E-state index is 9.78. The van der Waals surface area contributed by atoms with Crippen LogP contribution >= 0.6 is 0 Å². The molecule has 0 saturated heterocycles. The van der Waals surface area contributed by atoms with Gasteiger partial charge >= 0.3 is 56.7 Å². The third-order valence-electron chi connectivity index (χ3n) is 0. The SMILES string of the molecule is [F][Lu]([F])[F].[H-].[Ho].[Li+]. The molecule has 0 aliphatic carbocycles. The Balaban J connectivity index is -0.0000000150. The molecular weight excluding hydrogens is 404 g/mol. The van der Waals surface area contributed by atoms with Gasteiger partial charge in [-0.05, 0) is 0 Å². The van der Waals surface area contributed by atoms with E-state index in [2.05, 4.69) is 0 Å². The van der Waals surface area contributed by atoms with Crippen LogP contribution in [0.3, 0.4) is 0 Å². The van der Waals surface area contributed by atoms with Crippen LogP contribution in [0.5, 0.6) is 0 Å². The van der Waals surface area contributed by atoms with Crippen LogP contribution in [0.4, 0.5) is 4.39 Å². The van der Waals surface area contributed by atoms with Crippen molar-refractivity contribution in [1.29, 1.82) is 0 Å². The minimum Gasteiger partial charge on any atom is -1.00 e. The first-order chi connectivity index (χ1) is 1.73. The van der Waals surface area contributed by atoms with E-state index in [1.165, 1.54) is 0 Å². The second-order valence-corrected chi connectivity index (χ2v) is 0.821. The van der Waals surface area contributed by atoms with E-state index >= 15 is 0 Å². The molecule has 0 spiro atoms. The zero-order valence-electron chi connectivity index (χ0n) is 3.69. The summed E-state index contributed by atoms with van der Waals surface area (Å²) in [6.07, 6.45) is 0. The van der Waals surface area contributed by atoms with Gasteiger partial charge in [0.2, 0.25) is 0 Å². The van der Waals surface area contributed by atoms with Gasteiger partial charge < -0.3 is 1.43 Å². The molecule has 0 aliphatic heterocycles. The molecule has 6 heavy (non-hydrogen) atoms. The maximum Gasteiger partial charge on any atom is 1.00 e. The Kier molecular flexibility index (Phi) is 28.7. The molecule has 0 bridgehead atoms. The maximum atomic E-state index is 9.78. The Bertz CT molecular complexity index is 19.7. The van der Waals surface area contributed by atoms with Crippen LogP contribution in [0.1, 0.15) is 1.43 Å². The van der Waals surface area contributed by atoms with Gasteiger partial charge in [0.05, 0.1) is 0 Å². The average Bonchev–Trinajstić information content (AvgIpc) is 0.811. The molecule has 6 heteroatoms. The van der Waals surface area contributed by atoms with E-state index in [9.17, 15) is 4.39 Å². The van der Waals surface area contributed by atoms with Crippen molar-refractivity contribution in [3.05, 3.63) is 0 Å². The zero-order chi connectivity index (χ0) is 3.58. The van der Waals surface area contributed by atoms with Gasteiger partial charge in [0, 0.05) is 37.7 Å². The number of hydrogen-bond acceptors (Lipinski definition) is 0. The molecule has 0 aliphatic rings. The predicted molar refractivity (Wildman–Crippen MR) is 4.44 cm³/mol. The minimum atomic E-state index is -4.44. The first-order valence-corrected chi connectivity index (χ1v) is 2.17. The molecule has 0 amide bonds. The molecule has 0 unspecified atom stereocenters. The molecule has 0 aromatic rings. The predicted octanol–water partition coefficient (Wildman–Crippen LogP) is -1.62. The fourth-order valence-electron chi connectivity index (χ4n) is 0. The Hall–Kier alpha value is 2.88. The molecule has 0 atom stereocenters. The molecule has 0 heterocycles. The van der Waals surface area contributed by atoms with Crippen molar-refractivity contribution in [2.45, 2.75) is 0 Å². The van der Waals surface area contributed by atoms with Crippen molar-refractivity contribution in [2.24, 2.45) is 0 Å². The van der Waals surface area contributed by atoms with Gasteiger partial charge in [-0.1, -0.05) is 0 Å². The summed E-state index contributed by atoms with van der Waals surface area (Å²) in [5, 5.41) is 0. The molecule has 0 N–H and O–H groups in total. The summed E-state index contributed by atoms with van der Waals surface area (Å²) in [4.78, 5) is 0. The summed E-state index contributed by atoms with van der Waals surface area (Å²) >= 11 is -4.44. The summed E-state index contributed by atoms with van der Waals surface area (Å²) in [5.74, 6) is 0. The smallest absolute Gasteiger partial charge is 1.00 e. The van der Waals surface area contributed by atoms with Gasteiger partial charge in [0.15, 0.2) is 0 Å². The fraction of sp³-hybridized carbons (Fsp3) is 0. The molecule has 0 aromatic heterocycles. The van der Waals surface area contributed by atoms with Crippen molar-refractivity contribution in [1.82, 2.24) is 0 Å². The topological polar surface area (TPSA) is 0 Å². The Morgan fingerprint density at radius 1 is 1.17 bits per heavy atom. The Morgan fingerprint density at radius 2 is 1.17 bits per heavy atom. The molecule has 0 rings (SSSR count). The molecule has 0 fully saturated rings. The van der Waals surface area contributed by atoms with Gasteiger partial charge in [-0.15, -0.1) is 0 Å². The second-order valence-electron chi connectivity index (χ2n) is 0.111. The minimum absolute atomic E-state index is 0. The number of rotatable bonds is 0. The molecule has 0 saturated carbocycles. The summed E-state index contributed by atoms with van der Waals surface area (Å²) < 4.78 is 29.3. The van der Waals surface area contributed by atoms with Crippen LogP contribution < -0.4 is 18.9 Å². The summed E-state index contributed by atoms with van der Waals surface area (Å²) in [5.41, 5.74) is 0. The van der Waals surface area contributed by atoms with Crippen LogP contribution in [-0.4, -0.2) is 0 Å². The van der Waals surface area contributed by atoms with Crippen molar-refractivity contribution in [3.63, 3.8) is 0 Å². The fourth-order valence-corrected chi connectivity index (χ4v) is 0. The van der Waals surface area contributed by atoms with Gasteiger partial charge in [0.1, 0.15) is 0 Å². The summed E-state index contributed by atoms with van der Waals surface area (Å²) in [6, 6.07) is 0. The van der Waals surface area contributed by atoms with Crippen molar-refractivity contribution in [2.75, 3.05) is 0 Å². The van der Waals surface area contributed by atoms with E-state index in [0.29, 0.717) is 0 Å². The van der Waals surface area contributed by atoms with Crippen molar-refractivity contribution < 1.29 is 95.8 Å². The summed E-state index contributed by atoms with van der Waals surface area (Å²) in [7, 11) is 0. The van der Waals surface area contributed by atoms with Crippen molar-refractivity contribution in [3.8, 4) is 0 Å². The molecule has 1 radical (unpaired) electrons. The van der Waals surface area contributed by atoms with Gasteiger partial charge in [0.25, 0.3) is 0 Å². The van der Waals surface area contributed by atoms with Gasteiger partial charge in [-0.2, -0.15) is 0 Å². The Morgan fingerprint density at radius 3 is 1.17 bits per heavy atom. The van der Waals surface area contributed by atoms with E-state index in [1.54, 1.807) is 0 Å². The zero-order valence-corrected chi connectivity index (χ0v) is 6.28. The van der Waals surface area contributed by atoms with Gasteiger partial charge in [-0.3, -0.25) is 0 Å². The third-order valence-corrected chi connectivity index (χ3v) is 0. The van der Waals surface area contributed by atoms with Crippen LogP contribution in [0.25, 0.3) is 0 Å². The monoisotopic (exact) mass is 405 g/mol. The van der Waals surface area contributed by atoms with Gasteiger partial charge in [-0.25, -0.2) is 0 Å². The molecule has 0 nitrogen and oxygen atoms in total. The largest absolute Gasteiger partial charge is 1.00 e. The second kappa shape index (κ2) is 10.8. The third kappa shape index (κ3) is 28.7. The quantitative estimate of drug-likeness (QED) is 0.426. The van der Waals surface area contributed by atoms with E-state index in [1.807, 2.05) is 0 Å². The first kappa shape index (κ1) is 15.9. The normalized spacial score (nSPS) is 7.50.